The predicted octanol–water partition coefficient (Wildman–Crippen LogP) is 1.11. The molecule has 0 aromatic carbocycles. The summed E-state index contributed by atoms with van der Waals surface area (Å²) in [5.74, 6) is -0.232. The van der Waals surface area contributed by atoms with Gasteiger partial charge in [-0.05, 0) is 12.1 Å². The molecule has 1 N–H and O–H groups in total. The van der Waals surface area contributed by atoms with Crippen LogP contribution in [0.5, 0.6) is 0 Å². The number of nitrogens with one attached hydrogen (secondary N) is 1. The lowest BCUT2D eigenvalue weighted by molar-refractivity contribution is 0.0957. The van der Waals surface area contributed by atoms with Crippen molar-refractivity contribution in [1.82, 2.24) is 15.1 Å². The molecule has 0 radical (unpaired) electrons. The van der Waals surface area contributed by atoms with Crippen LogP contribution >= 0.6 is 11.3 Å². The van der Waals surface area contributed by atoms with Gasteiger partial charge in [0, 0.05) is 18.6 Å². The Morgan fingerprint density at radius 3 is 3.06 bits per heavy atom. The van der Waals surface area contributed by atoms with E-state index in [-0.39, 0.29) is 5.91 Å². The highest BCUT2D eigenvalue weighted by Crippen LogP contribution is 2.16. The molecule has 2 aromatic rings. The maximum absolute atomic E-state index is 11.3. The Kier molecular flexibility index (Phi) is 2.82. The van der Waals surface area contributed by atoms with Gasteiger partial charge in [0.25, 0.3) is 5.91 Å². The monoisotopic (exact) mass is 235 g/mol. The van der Waals surface area contributed by atoms with E-state index in [2.05, 4.69) is 10.4 Å². The van der Waals surface area contributed by atoms with E-state index in [0.717, 1.165) is 12.0 Å². The summed E-state index contributed by atoms with van der Waals surface area (Å²) in [6.07, 6.45) is 2.47. The molecule has 0 aliphatic rings. The highest BCUT2D eigenvalue weighted by molar-refractivity contribution is 7.12. The van der Waals surface area contributed by atoms with E-state index >= 15 is 0 Å². The third-order valence-electron chi connectivity index (χ3n) is 2.04. The van der Waals surface area contributed by atoms with E-state index < -0.39 is 0 Å². The third-order valence-corrected chi connectivity index (χ3v) is 2.88. The average Bonchev–Trinajstić information content (AvgIpc) is 2.95. The first-order valence-corrected chi connectivity index (χ1v) is 5.44. The Bertz CT molecular complexity index is 530. The SMILES string of the molecule is CNC(=O)c1ccn(-c2csc(C=O)c2)n1. The van der Waals surface area contributed by atoms with Crippen molar-refractivity contribution in [3.05, 3.63) is 34.3 Å². The molecule has 0 saturated carbocycles. The number of aromatic nitrogens is 2. The van der Waals surface area contributed by atoms with E-state index in [1.807, 2.05) is 5.38 Å². The average molecular weight is 235 g/mol. The maximum atomic E-state index is 11.3. The van der Waals surface area contributed by atoms with Crippen molar-refractivity contribution in [2.45, 2.75) is 0 Å². The molecule has 0 spiro atoms. The molecule has 0 saturated heterocycles. The molecule has 1 amide bonds. The molecule has 2 heterocycles. The van der Waals surface area contributed by atoms with E-state index in [0.29, 0.717) is 10.6 Å². The molecule has 2 aromatic heterocycles. The standard InChI is InChI=1S/C10H9N3O2S/c1-11-10(15)9-2-3-13(12-9)7-4-8(5-14)16-6-7/h2-6H,1H3,(H,11,15). The second kappa shape index (κ2) is 4.28. The van der Waals surface area contributed by atoms with Crippen molar-refractivity contribution in [1.29, 1.82) is 0 Å². The van der Waals surface area contributed by atoms with Crippen molar-refractivity contribution in [2.24, 2.45) is 0 Å². The molecule has 0 unspecified atom stereocenters. The van der Waals surface area contributed by atoms with Gasteiger partial charge < -0.3 is 5.32 Å². The molecular weight excluding hydrogens is 226 g/mol. The number of aldehydes is 1. The summed E-state index contributed by atoms with van der Waals surface area (Å²) >= 11 is 1.34. The summed E-state index contributed by atoms with van der Waals surface area (Å²) in [6, 6.07) is 3.34. The number of thiophene rings is 1. The van der Waals surface area contributed by atoms with Crippen LogP contribution in [0.2, 0.25) is 0 Å². The number of rotatable bonds is 3. The fourth-order valence-corrected chi connectivity index (χ4v) is 1.92. The van der Waals surface area contributed by atoms with Crippen LogP contribution in [0.1, 0.15) is 20.2 Å². The van der Waals surface area contributed by atoms with E-state index in [4.69, 9.17) is 0 Å². The highest BCUT2D eigenvalue weighted by atomic mass is 32.1. The molecule has 0 aliphatic carbocycles. The van der Waals surface area contributed by atoms with Gasteiger partial charge in [-0.15, -0.1) is 11.3 Å². The summed E-state index contributed by atoms with van der Waals surface area (Å²) in [6.45, 7) is 0. The summed E-state index contributed by atoms with van der Waals surface area (Å²) in [4.78, 5) is 22.4. The van der Waals surface area contributed by atoms with Gasteiger partial charge in [-0.2, -0.15) is 5.10 Å². The molecule has 5 nitrogen and oxygen atoms in total. The lowest BCUT2D eigenvalue weighted by Gasteiger charge is -1.95. The van der Waals surface area contributed by atoms with Crippen LogP contribution in [-0.4, -0.2) is 29.0 Å². The zero-order chi connectivity index (χ0) is 11.5. The highest BCUT2D eigenvalue weighted by Gasteiger charge is 2.08. The number of carbonyl (C=O) groups is 2. The predicted molar refractivity (Wildman–Crippen MR) is 60.2 cm³/mol. The largest absolute Gasteiger partial charge is 0.354 e. The normalized spacial score (nSPS) is 10.1. The van der Waals surface area contributed by atoms with Gasteiger partial charge in [0.2, 0.25) is 0 Å². The molecule has 16 heavy (non-hydrogen) atoms. The minimum absolute atomic E-state index is 0.232. The van der Waals surface area contributed by atoms with Crippen LogP contribution in [0.3, 0.4) is 0 Å². The number of hydrogen-bond acceptors (Lipinski definition) is 4. The summed E-state index contributed by atoms with van der Waals surface area (Å²) in [7, 11) is 1.55. The smallest absolute Gasteiger partial charge is 0.271 e. The van der Waals surface area contributed by atoms with Crippen LogP contribution < -0.4 is 5.32 Å². The fraction of sp³-hybridized carbons (Fsp3) is 0.100. The minimum atomic E-state index is -0.232. The van der Waals surface area contributed by atoms with Crippen molar-refractivity contribution in [3.8, 4) is 5.69 Å². The maximum Gasteiger partial charge on any atom is 0.271 e. The molecule has 82 valence electrons. The van der Waals surface area contributed by atoms with Crippen molar-refractivity contribution >= 4 is 23.5 Å². The molecule has 6 heteroatoms. The van der Waals surface area contributed by atoms with Crippen molar-refractivity contribution in [2.75, 3.05) is 7.05 Å². The van der Waals surface area contributed by atoms with Crippen molar-refractivity contribution < 1.29 is 9.59 Å². The summed E-state index contributed by atoms with van der Waals surface area (Å²) in [5, 5.41) is 8.40. The quantitative estimate of drug-likeness (QED) is 0.810. The Morgan fingerprint density at radius 2 is 2.44 bits per heavy atom. The Morgan fingerprint density at radius 1 is 1.62 bits per heavy atom. The van der Waals surface area contributed by atoms with Crippen LogP contribution in [-0.2, 0) is 0 Å². The first-order chi connectivity index (χ1) is 7.74. The first-order valence-electron chi connectivity index (χ1n) is 4.56. The number of amides is 1. The van der Waals surface area contributed by atoms with Gasteiger partial charge in [-0.3, -0.25) is 9.59 Å². The Labute approximate surface area is 95.7 Å². The second-order valence-corrected chi connectivity index (χ2v) is 3.99. The molecule has 2 rings (SSSR count). The first kappa shape index (κ1) is 10.6. The summed E-state index contributed by atoms with van der Waals surface area (Å²) in [5.41, 5.74) is 1.13. The van der Waals surface area contributed by atoms with Crippen LogP contribution in [0.15, 0.2) is 23.7 Å². The van der Waals surface area contributed by atoms with Crippen LogP contribution in [0, 0.1) is 0 Å². The zero-order valence-electron chi connectivity index (χ0n) is 8.51. The van der Waals surface area contributed by atoms with Gasteiger partial charge in [0.15, 0.2) is 12.0 Å². The number of carbonyl (C=O) groups excluding carboxylic acids is 2. The second-order valence-electron chi connectivity index (χ2n) is 3.05. The molecule has 0 bridgehead atoms. The molecule has 0 atom stereocenters. The minimum Gasteiger partial charge on any atom is -0.354 e. The zero-order valence-corrected chi connectivity index (χ0v) is 9.32. The van der Waals surface area contributed by atoms with Crippen LogP contribution in [0.4, 0.5) is 0 Å². The van der Waals surface area contributed by atoms with E-state index in [1.54, 1.807) is 30.1 Å². The summed E-state index contributed by atoms with van der Waals surface area (Å²) < 4.78 is 1.56. The van der Waals surface area contributed by atoms with E-state index in [9.17, 15) is 9.59 Å². The lowest BCUT2D eigenvalue weighted by atomic mass is 10.4. The van der Waals surface area contributed by atoms with Crippen LogP contribution in [0.25, 0.3) is 5.69 Å². The molecule has 0 aliphatic heterocycles. The lowest BCUT2D eigenvalue weighted by Crippen LogP contribution is -2.18. The van der Waals surface area contributed by atoms with Gasteiger partial charge in [-0.1, -0.05) is 0 Å². The van der Waals surface area contributed by atoms with E-state index in [1.165, 1.54) is 11.3 Å². The van der Waals surface area contributed by atoms with Crippen molar-refractivity contribution in [3.63, 3.8) is 0 Å². The Hall–Kier alpha value is -1.95. The Balaban J connectivity index is 2.31. The molecule has 0 fully saturated rings. The van der Waals surface area contributed by atoms with Gasteiger partial charge in [0.05, 0.1) is 10.6 Å². The van der Waals surface area contributed by atoms with Gasteiger partial charge in [0.1, 0.15) is 0 Å². The number of nitrogens with zero attached hydrogens (tertiary/aromatic N) is 2. The molecular formula is C10H9N3O2S. The van der Waals surface area contributed by atoms with Gasteiger partial charge >= 0.3 is 0 Å². The fourth-order valence-electron chi connectivity index (χ4n) is 1.24. The van der Waals surface area contributed by atoms with Gasteiger partial charge in [-0.25, -0.2) is 4.68 Å². The number of hydrogen-bond donors (Lipinski definition) is 1. The third kappa shape index (κ3) is 1.87. The topological polar surface area (TPSA) is 64.0 Å².